The molecular formula is C24H27N3O. The Balaban J connectivity index is 1.54. The van der Waals surface area contributed by atoms with Gasteiger partial charge in [-0.2, -0.15) is 0 Å². The minimum atomic E-state index is 0.802. The van der Waals surface area contributed by atoms with Gasteiger partial charge in [-0.25, -0.2) is 0 Å². The fourth-order valence-corrected chi connectivity index (χ4v) is 3.80. The number of benzene rings is 2. The molecule has 4 nitrogen and oxygen atoms in total. The monoisotopic (exact) mass is 373 g/mol. The van der Waals surface area contributed by atoms with Crippen LogP contribution in [0.4, 0.5) is 11.4 Å². The SMILES string of the molecule is Cc1cccc(-n2c(C)cc(C=Nc3ccc(N4CCOCC4)cc3)c2C)c1. The van der Waals surface area contributed by atoms with Gasteiger partial charge in [0.15, 0.2) is 0 Å². The van der Waals surface area contributed by atoms with Gasteiger partial charge in [-0.05, 0) is 68.8 Å². The van der Waals surface area contributed by atoms with E-state index in [1.54, 1.807) is 0 Å². The molecule has 3 aromatic rings. The van der Waals surface area contributed by atoms with Crippen LogP contribution in [0.15, 0.2) is 59.6 Å². The van der Waals surface area contributed by atoms with Crippen molar-refractivity contribution in [1.29, 1.82) is 0 Å². The van der Waals surface area contributed by atoms with Crippen LogP contribution in [0.25, 0.3) is 5.69 Å². The summed E-state index contributed by atoms with van der Waals surface area (Å²) in [5.74, 6) is 0. The van der Waals surface area contributed by atoms with Crippen molar-refractivity contribution >= 4 is 17.6 Å². The Morgan fingerprint density at radius 3 is 2.36 bits per heavy atom. The smallest absolute Gasteiger partial charge is 0.0642 e. The van der Waals surface area contributed by atoms with Crippen LogP contribution >= 0.6 is 0 Å². The molecule has 0 amide bonds. The number of aryl methyl sites for hydroxylation is 2. The first kappa shape index (κ1) is 18.5. The summed E-state index contributed by atoms with van der Waals surface area (Å²) in [6.45, 7) is 9.93. The predicted octanol–water partition coefficient (Wildman–Crippen LogP) is 4.99. The Hall–Kier alpha value is -2.85. The van der Waals surface area contributed by atoms with Crippen LogP contribution < -0.4 is 4.90 Å². The lowest BCUT2D eigenvalue weighted by Gasteiger charge is -2.28. The highest BCUT2D eigenvalue weighted by Gasteiger charge is 2.11. The molecule has 1 saturated heterocycles. The number of morpholine rings is 1. The van der Waals surface area contributed by atoms with Gasteiger partial charge in [0.2, 0.25) is 0 Å². The van der Waals surface area contributed by atoms with E-state index in [4.69, 9.17) is 9.73 Å². The van der Waals surface area contributed by atoms with Crippen molar-refractivity contribution in [3.63, 3.8) is 0 Å². The van der Waals surface area contributed by atoms with Crippen LogP contribution in [-0.2, 0) is 4.74 Å². The van der Waals surface area contributed by atoms with E-state index in [1.165, 1.54) is 28.3 Å². The minimum Gasteiger partial charge on any atom is -0.378 e. The number of hydrogen-bond acceptors (Lipinski definition) is 3. The third-order valence-electron chi connectivity index (χ3n) is 5.31. The van der Waals surface area contributed by atoms with Crippen LogP contribution in [0.5, 0.6) is 0 Å². The summed E-state index contributed by atoms with van der Waals surface area (Å²) in [5.41, 5.74) is 8.24. The molecule has 4 rings (SSSR count). The Kier molecular flexibility index (Phi) is 5.31. The molecule has 28 heavy (non-hydrogen) atoms. The van der Waals surface area contributed by atoms with Gasteiger partial charge in [0.05, 0.1) is 18.9 Å². The average Bonchev–Trinajstić information content (AvgIpc) is 3.01. The molecule has 1 aliphatic rings. The molecule has 0 saturated carbocycles. The highest BCUT2D eigenvalue weighted by atomic mass is 16.5. The van der Waals surface area contributed by atoms with Gasteiger partial charge in [-0.3, -0.25) is 4.99 Å². The second-order valence-corrected chi connectivity index (χ2v) is 7.37. The van der Waals surface area contributed by atoms with Gasteiger partial charge < -0.3 is 14.2 Å². The van der Waals surface area contributed by atoms with Crippen molar-refractivity contribution in [2.75, 3.05) is 31.2 Å². The molecule has 4 heteroatoms. The molecule has 0 atom stereocenters. The predicted molar refractivity (Wildman–Crippen MR) is 117 cm³/mol. The summed E-state index contributed by atoms with van der Waals surface area (Å²) >= 11 is 0. The molecule has 144 valence electrons. The maximum absolute atomic E-state index is 5.43. The largest absolute Gasteiger partial charge is 0.378 e. The molecule has 2 aromatic carbocycles. The number of hydrogen-bond donors (Lipinski definition) is 0. The summed E-state index contributed by atoms with van der Waals surface area (Å²) in [6, 6.07) is 19.3. The Labute approximate surface area is 167 Å². The lowest BCUT2D eigenvalue weighted by atomic mass is 10.2. The van der Waals surface area contributed by atoms with E-state index in [1.807, 2.05) is 6.21 Å². The number of anilines is 1. The Morgan fingerprint density at radius 2 is 1.64 bits per heavy atom. The van der Waals surface area contributed by atoms with Crippen LogP contribution in [0, 0.1) is 20.8 Å². The van der Waals surface area contributed by atoms with Gasteiger partial charge in [0.1, 0.15) is 0 Å². The molecular weight excluding hydrogens is 346 g/mol. The van der Waals surface area contributed by atoms with E-state index in [2.05, 4.69) is 84.8 Å². The van der Waals surface area contributed by atoms with E-state index >= 15 is 0 Å². The second kappa shape index (κ2) is 8.03. The highest BCUT2D eigenvalue weighted by molar-refractivity contribution is 5.84. The van der Waals surface area contributed by atoms with Crippen molar-refractivity contribution in [2.45, 2.75) is 20.8 Å². The van der Waals surface area contributed by atoms with Crippen molar-refractivity contribution in [3.8, 4) is 5.69 Å². The number of rotatable bonds is 4. The third-order valence-corrected chi connectivity index (χ3v) is 5.31. The van der Waals surface area contributed by atoms with E-state index in [-0.39, 0.29) is 0 Å². The molecule has 1 fully saturated rings. The van der Waals surface area contributed by atoms with Gasteiger partial charge in [-0.15, -0.1) is 0 Å². The molecule has 0 bridgehead atoms. The summed E-state index contributed by atoms with van der Waals surface area (Å²) < 4.78 is 7.71. The summed E-state index contributed by atoms with van der Waals surface area (Å²) in [5, 5.41) is 0. The van der Waals surface area contributed by atoms with E-state index in [0.29, 0.717) is 0 Å². The van der Waals surface area contributed by atoms with Crippen molar-refractivity contribution in [2.24, 2.45) is 4.99 Å². The summed E-state index contributed by atoms with van der Waals surface area (Å²) in [7, 11) is 0. The first-order chi connectivity index (χ1) is 13.6. The lowest BCUT2D eigenvalue weighted by Crippen LogP contribution is -2.36. The van der Waals surface area contributed by atoms with E-state index in [9.17, 15) is 0 Å². The zero-order valence-corrected chi connectivity index (χ0v) is 16.9. The molecule has 0 aliphatic carbocycles. The standard InChI is InChI=1S/C24H27N3O/c1-18-5-4-6-24(15-18)27-19(2)16-21(20(27)3)17-25-22-7-9-23(10-8-22)26-11-13-28-14-12-26/h4-10,15-17H,11-14H2,1-3H3. The number of ether oxygens (including phenoxy) is 1. The van der Waals surface area contributed by atoms with Gasteiger partial charge in [0.25, 0.3) is 0 Å². The first-order valence-corrected chi connectivity index (χ1v) is 9.84. The molecule has 0 N–H and O–H groups in total. The molecule has 0 spiro atoms. The first-order valence-electron chi connectivity index (χ1n) is 9.84. The van der Waals surface area contributed by atoms with Crippen LogP contribution in [0.1, 0.15) is 22.5 Å². The molecule has 0 unspecified atom stereocenters. The minimum absolute atomic E-state index is 0.802. The summed E-state index contributed by atoms with van der Waals surface area (Å²) in [4.78, 5) is 7.06. The van der Waals surface area contributed by atoms with Gasteiger partial charge >= 0.3 is 0 Å². The third kappa shape index (κ3) is 3.87. The maximum Gasteiger partial charge on any atom is 0.0642 e. The highest BCUT2D eigenvalue weighted by Crippen LogP contribution is 2.23. The second-order valence-electron chi connectivity index (χ2n) is 7.37. The average molecular weight is 374 g/mol. The Morgan fingerprint density at radius 1 is 0.893 bits per heavy atom. The maximum atomic E-state index is 5.43. The van der Waals surface area contributed by atoms with Crippen molar-refractivity contribution in [1.82, 2.24) is 4.57 Å². The zero-order chi connectivity index (χ0) is 19.5. The quantitative estimate of drug-likeness (QED) is 0.603. The topological polar surface area (TPSA) is 29.8 Å². The molecule has 1 aromatic heterocycles. The van der Waals surface area contributed by atoms with Gasteiger partial charge in [-0.1, -0.05) is 12.1 Å². The fourth-order valence-electron chi connectivity index (χ4n) is 3.80. The van der Waals surface area contributed by atoms with Gasteiger partial charge in [0, 0.05) is 47.6 Å². The van der Waals surface area contributed by atoms with Crippen LogP contribution in [0.2, 0.25) is 0 Å². The number of nitrogens with zero attached hydrogens (tertiary/aromatic N) is 3. The number of aliphatic imine (C=N–C) groups is 1. The van der Waals surface area contributed by atoms with Crippen LogP contribution in [0.3, 0.4) is 0 Å². The van der Waals surface area contributed by atoms with Crippen molar-refractivity contribution < 1.29 is 4.74 Å². The Bertz CT molecular complexity index is 980. The normalized spacial score (nSPS) is 14.8. The fraction of sp³-hybridized carbons (Fsp3) is 0.292. The van der Waals surface area contributed by atoms with E-state index < -0.39 is 0 Å². The van der Waals surface area contributed by atoms with Crippen molar-refractivity contribution in [3.05, 3.63) is 77.1 Å². The zero-order valence-electron chi connectivity index (χ0n) is 16.9. The molecule has 2 heterocycles. The van der Waals surface area contributed by atoms with Crippen LogP contribution in [-0.4, -0.2) is 37.1 Å². The number of aromatic nitrogens is 1. The molecule has 0 radical (unpaired) electrons. The lowest BCUT2D eigenvalue weighted by molar-refractivity contribution is 0.122. The summed E-state index contributed by atoms with van der Waals surface area (Å²) in [6.07, 6.45) is 1.97. The molecule has 1 aliphatic heterocycles. The van der Waals surface area contributed by atoms with E-state index in [0.717, 1.165) is 37.6 Å².